The zero-order valence-electron chi connectivity index (χ0n) is 21.3. The van der Waals surface area contributed by atoms with Crippen molar-refractivity contribution in [3.05, 3.63) is 29.4 Å². The van der Waals surface area contributed by atoms with Crippen LogP contribution in [0.4, 0.5) is 10.6 Å². The lowest BCUT2D eigenvalue weighted by Gasteiger charge is -2.36. The van der Waals surface area contributed by atoms with Gasteiger partial charge in [-0.15, -0.1) is 0 Å². The second kappa shape index (κ2) is 10.9. The maximum absolute atomic E-state index is 13.6. The summed E-state index contributed by atoms with van der Waals surface area (Å²) < 4.78 is 29.6. The number of rotatable bonds is 9. The van der Waals surface area contributed by atoms with E-state index in [2.05, 4.69) is 20.4 Å². The number of amides is 2. The van der Waals surface area contributed by atoms with Crippen molar-refractivity contribution in [1.82, 2.24) is 20.1 Å². The molecule has 0 bridgehead atoms. The summed E-state index contributed by atoms with van der Waals surface area (Å²) in [6.45, 7) is 6.03. The smallest absolute Gasteiger partial charge is 0.421 e. The third-order valence-corrected chi connectivity index (χ3v) is 8.23. The Morgan fingerprint density at radius 3 is 2.55 bits per heavy atom. The van der Waals surface area contributed by atoms with Crippen LogP contribution in [0.5, 0.6) is 0 Å². The summed E-state index contributed by atoms with van der Waals surface area (Å²) in [4.78, 5) is 28.5. The molecule has 3 rings (SSSR count). The summed E-state index contributed by atoms with van der Waals surface area (Å²) in [5.74, 6) is -1.22. The number of guanidine groups is 1. The van der Waals surface area contributed by atoms with Crippen molar-refractivity contribution in [2.24, 2.45) is 16.9 Å². The van der Waals surface area contributed by atoms with Gasteiger partial charge in [-0.2, -0.15) is 4.72 Å². The lowest BCUT2D eigenvalue weighted by Crippen LogP contribution is -2.67. The minimum atomic E-state index is -4.36. The van der Waals surface area contributed by atoms with E-state index in [0.29, 0.717) is 24.6 Å². The molecule has 1 heterocycles. The van der Waals surface area contributed by atoms with E-state index in [1.165, 1.54) is 24.4 Å². The fourth-order valence-electron chi connectivity index (χ4n) is 4.38. The summed E-state index contributed by atoms with van der Waals surface area (Å²) in [6, 6.07) is 3.17. The van der Waals surface area contributed by atoms with Gasteiger partial charge in [-0.05, 0) is 43.2 Å². The standard InChI is InChI=1S/C23H33ClN8O5S/c1-22(2,3)9-10-32(21(34)35)30-17-5-4-8-23(17,19(25)33)31-38(36,37)13-6-7-14-15(11-13)18(29-20(26)27)28-12-16(14)24/h6-7,11-12,17,30-31H,4-5,8-10H2,1-3H3,(H2,25,33)(H,34,35)(H4,26,27,28,29). The number of anilines is 1. The number of fused-ring (bicyclic) bond motifs is 1. The van der Waals surface area contributed by atoms with Crippen molar-refractivity contribution in [3.63, 3.8) is 0 Å². The van der Waals surface area contributed by atoms with Crippen molar-refractivity contribution in [2.75, 3.05) is 11.9 Å². The van der Waals surface area contributed by atoms with Crippen LogP contribution < -0.4 is 26.9 Å². The molecule has 2 aromatic rings. The Kier molecular flexibility index (Phi) is 8.41. The molecule has 1 fully saturated rings. The van der Waals surface area contributed by atoms with Crippen LogP contribution in [0.25, 0.3) is 10.8 Å². The third kappa shape index (κ3) is 6.43. The van der Waals surface area contributed by atoms with Crippen LogP contribution in [0.1, 0.15) is 46.5 Å². The SMILES string of the molecule is CC(C)(C)CCN(NC1CCCC1(NS(=O)(=O)c1ccc2c(Cl)cnc(NC(=N)N)c2c1)C(N)=O)C(=O)O. The number of hydrogen-bond acceptors (Lipinski definition) is 7. The first-order chi connectivity index (χ1) is 17.6. The Bertz CT molecular complexity index is 1360. The Labute approximate surface area is 225 Å². The average molecular weight is 569 g/mol. The number of carbonyl (C=O) groups excluding carboxylic acids is 1. The summed E-state index contributed by atoms with van der Waals surface area (Å²) >= 11 is 6.22. The largest absolute Gasteiger partial charge is 0.464 e. The van der Waals surface area contributed by atoms with Gasteiger partial charge in [-0.25, -0.2) is 28.6 Å². The molecule has 13 nitrogen and oxygen atoms in total. The number of hydrogen-bond donors (Lipinski definition) is 7. The van der Waals surface area contributed by atoms with E-state index in [-0.39, 0.29) is 39.5 Å². The monoisotopic (exact) mass is 568 g/mol. The lowest BCUT2D eigenvalue weighted by atomic mass is 9.92. The van der Waals surface area contributed by atoms with Crippen LogP contribution in [-0.4, -0.2) is 59.6 Å². The number of primary amides is 1. The van der Waals surface area contributed by atoms with Gasteiger partial charge in [-0.1, -0.05) is 38.4 Å². The van der Waals surface area contributed by atoms with Gasteiger partial charge in [0.1, 0.15) is 11.4 Å². The van der Waals surface area contributed by atoms with Gasteiger partial charge in [0.15, 0.2) is 5.96 Å². The summed E-state index contributed by atoms with van der Waals surface area (Å²) in [7, 11) is -4.36. The van der Waals surface area contributed by atoms with Gasteiger partial charge >= 0.3 is 6.09 Å². The number of benzene rings is 1. The number of hydrazine groups is 1. The first-order valence-electron chi connectivity index (χ1n) is 11.9. The van der Waals surface area contributed by atoms with Gasteiger partial charge in [0.05, 0.1) is 16.0 Å². The molecule has 1 aliphatic carbocycles. The van der Waals surface area contributed by atoms with Crippen LogP contribution >= 0.6 is 11.6 Å². The van der Waals surface area contributed by atoms with Crippen LogP contribution in [-0.2, 0) is 14.8 Å². The molecule has 15 heteroatoms. The Morgan fingerprint density at radius 2 is 1.97 bits per heavy atom. The molecule has 2 amide bonds. The molecule has 0 aliphatic heterocycles. The van der Waals surface area contributed by atoms with Crippen molar-refractivity contribution in [1.29, 1.82) is 5.41 Å². The molecule has 38 heavy (non-hydrogen) atoms. The first kappa shape index (κ1) is 29.4. The number of nitrogens with one attached hydrogen (secondary N) is 4. The topological polar surface area (TPSA) is 217 Å². The van der Waals surface area contributed by atoms with E-state index in [0.717, 1.165) is 5.01 Å². The van der Waals surface area contributed by atoms with Gasteiger partial charge in [-0.3, -0.25) is 10.2 Å². The molecule has 208 valence electrons. The highest BCUT2D eigenvalue weighted by Crippen LogP contribution is 2.34. The normalized spacial score (nSPS) is 19.8. The molecule has 1 saturated carbocycles. The van der Waals surface area contributed by atoms with E-state index in [4.69, 9.17) is 28.5 Å². The van der Waals surface area contributed by atoms with Gasteiger partial charge in [0.25, 0.3) is 0 Å². The van der Waals surface area contributed by atoms with Gasteiger partial charge < -0.3 is 21.9 Å². The Hall–Kier alpha value is -3.20. The van der Waals surface area contributed by atoms with E-state index in [1.807, 2.05) is 20.8 Å². The highest BCUT2D eigenvalue weighted by molar-refractivity contribution is 7.89. The highest BCUT2D eigenvalue weighted by atomic mass is 35.5. The number of carbonyl (C=O) groups is 2. The molecular weight excluding hydrogens is 536 g/mol. The number of sulfonamides is 1. The van der Waals surface area contributed by atoms with Crippen molar-refractivity contribution in [2.45, 2.75) is 62.9 Å². The Balaban J connectivity index is 1.98. The molecule has 1 aromatic carbocycles. The fourth-order valence-corrected chi connectivity index (χ4v) is 6.06. The van der Waals surface area contributed by atoms with E-state index < -0.39 is 39.6 Å². The molecular formula is C23H33ClN8O5S. The number of nitrogens with two attached hydrogens (primary N) is 2. The summed E-state index contributed by atoms with van der Waals surface area (Å²) in [5.41, 5.74) is 12.1. The number of carboxylic acid groups (broad SMARTS) is 1. The predicted octanol–water partition coefficient (Wildman–Crippen LogP) is 2.17. The quantitative estimate of drug-likeness (QED) is 0.134. The molecule has 2 atom stereocenters. The minimum Gasteiger partial charge on any atom is -0.464 e. The van der Waals surface area contributed by atoms with Crippen molar-refractivity contribution < 1.29 is 23.1 Å². The average Bonchev–Trinajstić information content (AvgIpc) is 3.20. The van der Waals surface area contributed by atoms with Crippen LogP contribution in [0.3, 0.4) is 0 Å². The van der Waals surface area contributed by atoms with E-state index in [1.54, 1.807) is 0 Å². The van der Waals surface area contributed by atoms with Crippen molar-refractivity contribution >= 4 is 56.2 Å². The maximum atomic E-state index is 13.6. The number of halogens is 1. The first-order valence-corrected chi connectivity index (χ1v) is 13.7. The zero-order chi connectivity index (χ0) is 28.5. The van der Waals surface area contributed by atoms with E-state index >= 15 is 0 Å². The predicted molar refractivity (Wildman–Crippen MR) is 144 cm³/mol. The van der Waals surface area contributed by atoms with Gasteiger partial charge in [0, 0.05) is 23.5 Å². The van der Waals surface area contributed by atoms with Gasteiger partial charge in [0.2, 0.25) is 15.9 Å². The molecule has 2 unspecified atom stereocenters. The van der Waals surface area contributed by atoms with Crippen LogP contribution in [0, 0.1) is 10.8 Å². The number of aromatic nitrogens is 1. The second-order valence-electron chi connectivity index (χ2n) is 10.5. The third-order valence-electron chi connectivity index (χ3n) is 6.42. The molecule has 0 radical (unpaired) electrons. The minimum absolute atomic E-state index is 0.0735. The lowest BCUT2D eigenvalue weighted by molar-refractivity contribution is -0.124. The van der Waals surface area contributed by atoms with Crippen LogP contribution in [0.15, 0.2) is 29.3 Å². The Morgan fingerprint density at radius 1 is 1.29 bits per heavy atom. The maximum Gasteiger partial charge on any atom is 0.421 e. The molecule has 0 saturated heterocycles. The molecule has 0 spiro atoms. The zero-order valence-corrected chi connectivity index (χ0v) is 22.9. The highest BCUT2D eigenvalue weighted by Gasteiger charge is 2.51. The number of pyridine rings is 1. The fraction of sp³-hybridized carbons (Fsp3) is 0.478. The molecule has 1 aromatic heterocycles. The number of nitrogens with zero attached hydrogens (tertiary/aromatic N) is 2. The summed E-state index contributed by atoms with van der Waals surface area (Å²) in [6.07, 6.45) is 1.43. The van der Waals surface area contributed by atoms with Crippen molar-refractivity contribution in [3.8, 4) is 0 Å². The summed E-state index contributed by atoms with van der Waals surface area (Å²) in [5, 5.41) is 21.7. The molecule has 9 N–H and O–H groups in total. The van der Waals surface area contributed by atoms with Crippen LogP contribution in [0.2, 0.25) is 5.02 Å². The molecule has 1 aliphatic rings. The van der Waals surface area contributed by atoms with E-state index in [9.17, 15) is 23.1 Å². The second-order valence-corrected chi connectivity index (χ2v) is 12.6.